The summed E-state index contributed by atoms with van der Waals surface area (Å²) in [6.07, 6.45) is 3.14. The predicted molar refractivity (Wildman–Crippen MR) is 70.5 cm³/mol. The molecule has 0 unspecified atom stereocenters. The van der Waals surface area contributed by atoms with Crippen LogP contribution in [-0.2, 0) is 4.79 Å². The standard InChI is InChI=1S/C12H13N3O2S/c1-7-6-18-12(13-7)14-11(16)5-4-10-8(2)15-17-9(10)3/h4-6H,1-3H3,(H,13,14,16). The average molecular weight is 263 g/mol. The van der Waals surface area contributed by atoms with Gasteiger partial charge in [0, 0.05) is 17.0 Å². The number of aromatic nitrogens is 2. The molecule has 0 aliphatic heterocycles. The number of aryl methyl sites for hydroxylation is 3. The van der Waals surface area contributed by atoms with Crippen molar-refractivity contribution >= 4 is 28.5 Å². The van der Waals surface area contributed by atoms with Crippen LogP contribution >= 0.6 is 11.3 Å². The third-order valence-corrected chi connectivity index (χ3v) is 3.21. The summed E-state index contributed by atoms with van der Waals surface area (Å²) in [5, 5.41) is 8.99. The van der Waals surface area contributed by atoms with E-state index in [1.807, 2.05) is 26.2 Å². The summed E-state index contributed by atoms with van der Waals surface area (Å²) >= 11 is 1.40. The van der Waals surface area contributed by atoms with Gasteiger partial charge in [-0.15, -0.1) is 11.3 Å². The quantitative estimate of drug-likeness (QED) is 0.864. The highest BCUT2D eigenvalue weighted by atomic mass is 32.1. The molecule has 0 aliphatic carbocycles. The second-order valence-corrected chi connectivity index (χ2v) is 4.71. The van der Waals surface area contributed by atoms with Crippen molar-refractivity contribution in [1.29, 1.82) is 0 Å². The first-order valence-corrected chi connectivity index (χ1v) is 6.28. The first kappa shape index (κ1) is 12.5. The molecule has 1 amide bonds. The Labute approximate surface area is 109 Å². The van der Waals surface area contributed by atoms with Crippen molar-refractivity contribution < 1.29 is 9.32 Å². The lowest BCUT2D eigenvalue weighted by Gasteiger charge is -1.95. The van der Waals surface area contributed by atoms with Gasteiger partial charge in [-0.3, -0.25) is 10.1 Å². The minimum Gasteiger partial charge on any atom is -0.361 e. The van der Waals surface area contributed by atoms with E-state index >= 15 is 0 Å². The van der Waals surface area contributed by atoms with Crippen molar-refractivity contribution in [3.63, 3.8) is 0 Å². The van der Waals surface area contributed by atoms with Gasteiger partial charge in [0.2, 0.25) is 5.91 Å². The molecule has 2 heterocycles. The van der Waals surface area contributed by atoms with Crippen LogP contribution in [0.5, 0.6) is 0 Å². The van der Waals surface area contributed by atoms with E-state index in [1.54, 1.807) is 6.08 Å². The Morgan fingerprint density at radius 1 is 1.44 bits per heavy atom. The highest BCUT2D eigenvalue weighted by Crippen LogP contribution is 2.16. The Morgan fingerprint density at radius 3 is 2.78 bits per heavy atom. The van der Waals surface area contributed by atoms with Gasteiger partial charge in [0.25, 0.3) is 0 Å². The Hall–Kier alpha value is -1.95. The van der Waals surface area contributed by atoms with Crippen LogP contribution in [0.1, 0.15) is 22.7 Å². The van der Waals surface area contributed by atoms with Gasteiger partial charge in [-0.1, -0.05) is 5.16 Å². The molecule has 0 fully saturated rings. The minimum absolute atomic E-state index is 0.218. The number of hydrogen-bond acceptors (Lipinski definition) is 5. The molecule has 2 rings (SSSR count). The third kappa shape index (κ3) is 2.84. The number of thiazole rings is 1. The number of nitrogens with zero attached hydrogens (tertiary/aromatic N) is 2. The van der Waals surface area contributed by atoms with Crippen LogP contribution in [0.25, 0.3) is 6.08 Å². The monoisotopic (exact) mass is 263 g/mol. The summed E-state index contributed by atoms with van der Waals surface area (Å²) in [5.74, 6) is 0.478. The van der Waals surface area contributed by atoms with Gasteiger partial charge < -0.3 is 4.52 Å². The molecule has 2 aromatic rings. The van der Waals surface area contributed by atoms with Crippen molar-refractivity contribution in [3.05, 3.63) is 34.2 Å². The zero-order valence-electron chi connectivity index (χ0n) is 10.4. The van der Waals surface area contributed by atoms with Gasteiger partial charge in [-0.2, -0.15) is 0 Å². The average Bonchev–Trinajstić information content (AvgIpc) is 2.84. The molecule has 94 valence electrons. The minimum atomic E-state index is -0.218. The van der Waals surface area contributed by atoms with Crippen molar-refractivity contribution in [1.82, 2.24) is 10.1 Å². The molecule has 0 aliphatic rings. The van der Waals surface area contributed by atoms with Gasteiger partial charge in [0.15, 0.2) is 5.13 Å². The van der Waals surface area contributed by atoms with E-state index in [0.717, 1.165) is 17.0 Å². The molecule has 5 nitrogen and oxygen atoms in total. The van der Waals surface area contributed by atoms with Crippen LogP contribution < -0.4 is 5.32 Å². The van der Waals surface area contributed by atoms with Gasteiger partial charge >= 0.3 is 0 Å². The maximum atomic E-state index is 11.7. The molecule has 0 saturated carbocycles. The first-order valence-electron chi connectivity index (χ1n) is 5.40. The number of carbonyl (C=O) groups excluding carboxylic acids is 1. The molecule has 0 bridgehead atoms. The van der Waals surface area contributed by atoms with Crippen molar-refractivity contribution in [3.8, 4) is 0 Å². The Morgan fingerprint density at radius 2 is 2.22 bits per heavy atom. The Balaban J connectivity index is 2.03. The first-order chi connectivity index (χ1) is 8.56. The molecule has 0 radical (unpaired) electrons. The van der Waals surface area contributed by atoms with E-state index in [-0.39, 0.29) is 5.91 Å². The lowest BCUT2D eigenvalue weighted by Crippen LogP contribution is -2.07. The summed E-state index contributed by atoms with van der Waals surface area (Å²) in [6.45, 7) is 5.52. The van der Waals surface area contributed by atoms with E-state index in [9.17, 15) is 4.79 Å². The SMILES string of the molecule is Cc1csc(NC(=O)C=Cc2c(C)noc2C)n1. The number of amides is 1. The van der Waals surface area contributed by atoms with Crippen LogP contribution in [0.2, 0.25) is 0 Å². The van der Waals surface area contributed by atoms with E-state index in [1.165, 1.54) is 17.4 Å². The number of hydrogen-bond donors (Lipinski definition) is 1. The Bertz CT molecular complexity index is 579. The second kappa shape index (κ2) is 5.14. The van der Waals surface area contributed by atoms with Crippen molar-refractivity contribution in [2.45, 2.75) is 20.8 Å². The van der Waals surface area contributed by atoms with E-state index in [2.05, 4.69) is 15.5 Å². The van der Waals surface area contributed by atoms with Crippen LogP contribution in [0, 0.1) is 20.8 Å². The third-order valence-electron chi connectivity index (χ3n) is 2.34. The molecule has 0 spiro atoms. The molecular weight excluding hydrogens is 250 g/mol. The molecule has 2 aromatic heterocycles. The fourth-order valence-electron chi connectivity index (χ4n) is 1.45. The van der Waals surface area contributed by atoms with E-state index < -0.39 is 0 Å². The van der Waals surface area contributed by atoms with Gasteiger partial charge in [0.05, 0.1) is 11.4 Å². The Kier molecular flexibility index (Phi) is 3.57. The van der Waals surface area contributed by atoms with Crippen molar-refractivity contribution in [2.24, 2.45) is 0 Å². The second-order valence-electron chi connectivity index (χ2n) is 3.85. The number of carbonyl (C=O) groups is 1. The highest BCUT2D eigenvalue weighted by Gasteiger charge is 2.06. The molecule has 6 heteroatoms. The van der Waals surface area contributed by atoms with Gasteiger partial charge in [-0.25, -0.2) is 4.98 Å². The maximum absolute atomic E-state index is 11.7. The fourth-order valence-corrected chi connectivity index (χ4v) is 2.14. The topological polar surface area (TPSA) is 68.0 Å². The largest absolute Gasteiger partial charge is 0.361 e. The normalized spacial score (nSPS) is 11.1. The fraction of sp³-hybridized carbons (Fsp3) is 0.250. The van der Waals surface area contributed by atoms with Crippen LogP contribution in [0.3, 0.4) is 0 Å². The lowest BCUT2D eigenvalue weighted by atomic mass is 10.2. The molecule has 0 aromatic carbocycles. The summed E-state index contributed by atoms with van der Waals surface area (Å²) in [5.41, 5.74) is 2.49. The summed E-state index contributed by atoms with van der Waals surface area (Å²) in [4.78, 5) is 15.8. The van der Waals surface area contributed by atoms with Gasteiger partial charge in [0.1, 0.15) is 5.76 Å². The van der Waals surface area contributed by atoms with Crippen LogP contribution in [-0.4, -0.2) is 16.0 Å². The summed E-state index contributed by atoms with van der Waals surface area (Å²) in [7, 11) is 0. The molecule has 0 saturated heterocycles. The van der Waals surface area contributed by atoms with Crippen molar-refractivity contribution in [2.75, 3.05) is 5.32 Å². The number of anilines is 1. The van der Waals surface area contributed by atoms with Gasteiger partial charge in [-0.05, 0) is 26.8 Å². The summed E-state index contributed by atoms with van der Waals surface area (Å²) < 4.78 is 5.01. The zero-order chi connectivity index (χ0) is 13.1. The molecular formula is C12H13N3O2S. The highest BCUT2D eigenvalue weighted by molar-refractivity contribution is 7.13. The van der Waals surface area contributed by atoms with Crippen LogP contribution in [0.4, 0.5) is 5.13 Å². The molecule has 18 heavy (non-hydrogen) atoms. The van der Waals surface area contributed by atoms with Crippen LogP contribution in [0.15, 0.2) is 16.0 Å². The zero-order valence-corrected chi connectivity index (χ0v) is 11.2. The maximum Gasteiger partial charge on any atom is 0.250 e. The van der Waals surface area contributed by atoms with E-state index in [0.29, 0.717) is 10.9 Å². The smallest absolute Gasteiger partial charge is 0.250 e. The lowest BCUT2D eigenvalue weighted by molar-refractivity contribution is -0.111. The predicted octanol–water partition coefficient (Wildman–Crippen LogP) is 2.71. The van der Waals surface area contributed by atoms with E-state index in [4.69, 9.17) is 4.52 Å². The molecule has 0 atom stereocenters. The number of nitrogens with one attached hydrogen (secondary N) is 1. The molecule has 1 N–H and O–H groups in total. The number of rotatable bonds is 3. The summed E-state index contributed by atoms with van der Waals surface area (Å²) in [6, 6.07) is 0.